The summed E-state index contributed by atoms with van der Waals surface area (Å²) in [6, 6.07) is -0.854. The predicted molar refractivity (Wildman–Crippen MR) is 107 cm³/mol. The van der Waals surface area contributed by atoms with E-state index in [0.29, 0.717) is 5.57 Å². The first-order chi connectivity index (χ1) is 15.3. The summed E-state index contributed by atoms with van der Waals surface area (Å²) in [5.41, 5.74) is 6.19. The molecule has 33 heavy (non-hydrogen) atoms. The number of fused-ring (bicyclic) bond motifs is 1. The van der Waals surface area contributed by atoms with Gasteiger partial charge in [0.2, 0.25) is 5.82 Å². The Hall–Kier alpha value is -2.64. The Labute approximate surface area is 186 Å². The van der Waals surface area contributed by atoms with Gasteiger partial charge in [0.1, 0.15) is 18.0 Å². The quantitative estimate of drug-likeness (QED) is 0.403. The molecule has 7 atom stereocenters. The van der Waals surface area contributed by atoms with Crippen molar-refractivity contribution in [1.82, 2.24) is 0 Å². The van der Waals surface area contributed by atoms with Gasteiger partial charge in [-0.1, -0.05) is 13.5 Å². The number of aliphatic hydroxyl groups excluding tert-OH is 3. The highest BCUT2D eigenvalue weighted by Crippen LogP contribution is 2.44. The minimum Gasteiger partial charge on any atom is -0.476 e. The van der Waals surface area contributed by atoms with Crippen LogP contribution in [0.1, 0.15) is 19.4 Å². The van der Waals surface area contributed by atoms with Crippen molar-refractivity contribution in [3.8, 4) is 11.5 Å². The van der Waals surface area contributed by atoms with Gasteiger partial charge in [0, 0.05) is 17.5 Å². The molecule has 0 saturated carbocycles. The minimum absolute atomic E-state index is 0.000163. The number of carboxylic acids is 1. The Morgan fingerprint density at radius 1 is 1.39 bits per heavy atom. The molecule has 5 unspecified atom stereocenters. The van der Waals surface area contributed by atoms with Crippen molar-refractivity contribution in [2.75, 3.05) is 6.61 Å². The first-order valence-electron chi connectivity index (χ1n) is 9.90. The number of aliphatic carboxylic acids is 1. The standard InChI is InChI=1S/C21H24F3NO8/c1-7-4-8(2)31-17-10(7)5-11(22)18(13(17)23)33-21(20(29)30)19(24)14(25)9(3)16(32-21)15(28)12(27)6-26/h4-5,9,12,14-16,19,26-28H,2,6,25H2,1,3H3,(H,29,30)/t9?,12-,14?,15-,16?,19?,21?/m1/s1. The molecule has 6 N–H and O–H groups in total. The molecular formula is C21H24F3NO8. The molecule has 3 rings (SSSR count). The van der Waals surface area contributed by atoms with Gasteiger partial charge in [-0.05, 0) is 24.6 Å². The monoisotopic (exact) mass is 475 g/mol. The van der Waals surface area contributed by atoms with Crippen LogP contribution >= 0.6 is 0 Å². The van der Waals surface area contributed by atoms with Gasteiger partial charge in [0.25, 0.3) is 0 Å². The average molecular weight is 475 g/mol. The molecule has 2 aliphatic rings. The van der Waals surface area contributed by atoms with Crippen LogP contribution in [0.15, 0.2) is 24.5 Å². The Morgan fingerprint density at radius 2 is 2.03 bits per heavy atom. The number of allylic oxidation sites excluding steroid dienone is 2. The highest BCUT2D eigenvalue weighted by atomic mass is 19.1. The van der Waals surface area contributed by atoms with E-state index < -0.39 is 77.9 Å². The van der Waals surface area contributed by atoms with Crippen molar-refractivity contribution in [3.05, 3.63) is 41.7 Å². The van der Waals surface area contributed by atoms with E-state index in [4.69, 9.17) is 25.1 Å². The van der Waals surface area contributed by atoms with Crippen LogP contribution < -0.4 is 15.2 Å². The van der Waals surface area contributed by atoms with E-state index in [1.807, 2.05) is 0 Å². The first-order valence-corrected chi connectivity index (χ1v) is 9.90. The molecule has 0 spiro atoms. The molecule has 0 radical (unpaired) electrons. The average Bonchev–Trinajstić information content (AvgIpc) is 2.76. The van der Waals surface area contributed by atoms with Crippen LogP contribution in [-0.2, 0) is 9.53 Å². The lowest BCUT2D eigenvalue weighted by atomic mass is 9.82. The van der Waals surface area contributed by atoms with Gasteiger partial charge >= 0.3 is 11.8 Å². The van der Waals surface area contributed by atoms with Crippen LogP contribution in [0.3, 0.4) is 0 Å². The van der Waals surface area contributed by atoms with E-state index in [1.165, 1.54) is 19.9 Å². The largest absolute Gasteiger partial charge is 0.476 e. The molecule has 1 fully saturated rings. The maximum Gasteiger partial charge on any atom is 0.380 e. The number of carbonyl (C=O) groups is 1. The Bertz CT molecular complexity index is 998. The van der Waals surface area contributed by atoms with Crippen molar-refractivity contribution in [3.63, 3.8) is 0 Å². The third kappa shape index (κ3) is 4.08. The van der Waals surface area contributed by atoms with Crippen LogP contribution in [0.2, 0.25) is 0 Å². The van der Waals surface area contributed by atoms with Crippen molar-refractivity contribution in [1.29, 1.82) is 0 Å². The molecule has 0 aliphatic carbocycles. The lowest BCUT2D eigenvalue weighted by molar-refractivity contribution is -0.301. The zero-order chi connectivity index (χ0) is 24.8. The minimum atomic E-state index is -3.40. The maximum absolute atomic E-state index is 15.3. The molecule has 0 amide bonds. The molecule has 0 aromatic heterocycles. The summed E-state index contributed by atoms with van der Waals surface area (Å²) >= 11 is 0. The number of aliphatic hydroxyl groups is 3. The highest BCUT2D eigenvalue weighted by molar-refractivity contribution is 5.78. The molecular weight excluding hydrogens is 451 g/mol. The normalized spacial score (nSPS) is 31.2. The molecule has 0 bridgehead atoms. The zero-order valence-electron chi connectivity index (χ0n) is 17.7. The smallest absolute Gasteiger partial charge is 0.380 e. The summed E-state index contributed by atoms with van der Waals surface area (Å²) < 4.78 is 60.7. The summed E-state index contributed by atoms with van der Waals surface area (Å²) in [6.45, 7) is 5.43. The number of nitrogens with two attached hydrogens (primary N) is 1. The fourth-order valence-electron chi connectivity index (χ4n) is 3.82. The van der Waals surface area contributed by atoms with Gasteiger partial charge in [-0.2, -0.15) is 4.39 Å². The Kier molecular flexibility index (Phi) is 6.78. The molecule has 9 nitrogen and oxygen atoms in total. The second-order valence-electron chi connectivity index (χ2n) is 8.01. The molecule has 12 heteroatoms. The van der Waals surface area contributed by atoms with Crippen molar-refractivity contribution >= 4 is 11.5 Å². The van der Waals surface area contributed by atoms with Crippen molar-refractivity contribution in [2.45, 2.75) is 50.2 Å². The van der Waals surface area contributed by atoms with E-state index >= 15 is 8.78 Å². The third-order valence-corrected chi connectivity index (χ3v) is 5.77. The van der Waals surface area contributed by atoms with Crippen LogP contribution in [0.4, 0.5) is 13.2 Å². The summed E-state index contributed by atoms with van der Waals surface area (Å²) in [5.74, 6) is -11.3. The van der Waals surface area contributed by atoms with E-state index in [9.17, 15) is 24.5 Å². The van der Waals surface area contributed by atoms with E-state index in [2.05, 4.69) is 6.58 Å². The van der Waals surface area contributed by atoms with Crippen LogP contribution in [0, 0.1) is 17.6 Å². The van der Waals surface area contributed by atoms with Gasteiger partial charge in [-0.15, -0.1) is 0 Å². The third-order valence-electron chi connectivity index (χ3n) is 5.77. The fraction of sp³-hybridized carbons (Fsp3) is 0.476. The number of rotatable bonds is 6. The molecule has 2 aliphatic heterocycles. The lowest BCUT2D eigenvalue weighted by Crippen LogP contribution is -2.71. The molecule has 1 aromatic carbocycles. The lowest BCUT2D eigenvalue weighted by Gasteiger charge is -2.47. The zero-order valence-corrected chi connectivity index (χ0v) is 17.7. The number of hydrogen-bond acceptors (Lipinski definition) is 8. The van der Waals surface area contributed by atoms with Crippen LogP contribution in [0.25, 0.3) is 5.57 Å². The first kappa shape index (κ1) is 25.0. The van der Waals surface area contributed by atoms with Crippen molar-refractivity contribution in [2.24, 2.45) is 11.7 Å². The van der Waals surface area contributed by atoms with E-state index in [0.717, 1.165) is 6.07 Å². The van der Waals surface area contributed by atoms with Gasteiger partial charge in [0.15, 0.2) is 23.5 Å². The predicted octanol–water partition coefficient (Wildman–Crippen LogP) is 0.848. The number of ether oxygens (including phenoxy) is 3. The molecule has 2 heterocycles. The summed E-state index contributed by atoms with van der Waals surface area (Å²) in [5, 5.41) is 38.9. The van der Waals surface area contributed by atoms with E-state index in [-0.39, 0.29) is 11.3 Å². The van der Waals surface area contributed by atoms with Gasteiger partial charge in [0.05, 0.1) is 12.7 Å². The number of alkyl halides is 1. The second-order valence-corrected chi connectivity index (χ2v) is 8.01. The van der Waals surface area contributed by atoms with Crippen LogP contribution in [0.5, 0.6) is 11.5 Å². The molecule has 182 valence electrons. The van der Waals surface area contributed by atoms with Crippen molar-refractivity contribution < 1.29 is 52.6 Å². The summed E-state index contributed by atoms with van der Waals surface area (Å²) in [6.07, 6.45) is -6.66. The number of carboxylic acid groups (broad SMARTS) is 1. The second kappa shape index (κ2) is 8.95. The summed E-state index contributed by atoms with van der Waals surface area (Å²) in [7, 11) is 0. The number of benzene rings is 1. The summed E-state index contributed by atoms with van der Waals surface area (Å²) in [4.78, 5) is 12.1. The highest BCUT2D eigenvalue weighted by Gasteiger charge is 2.62. The number of halogens is 3. The van der Waals surface area contributed by atoms with Crippen LogP contribution in [-0.4, -0.2) is 69.3 Å². The molecule has 1 aromatic rings. The molecule has 1 saturated heterocycles. The number of hydrogen-bond donors (Lipinski definition) is 5. The topological polar surface area (TPSA) is 152 Å². The SMILES string of the molecule is C=C1C=C(C)c2cc(F)c(OC3(C(=O)O)OC([C@H](O)[C@H](O)CO)C(C)C(N)C3F)c(F)c2O1. The Morgan fingerprint density at radius 3 is 2.61 bits per heavy atom. The van der Waals surface area contributed by atoms with Gasteiger partial charge in [-0.25, -0.2) is 13.6 Å². The Balaban J connectivity index is 2.11. The van der Waals surface area contributed by atoms with Gasteiger partial charge < -0.3 is 40.4 Å². The maximum atomic E-state index is 15.3. The van der Waals surface area contributed by atoms with E-state index in [1.54, 1.807) is 0 Å². The van der Waals surface area contributed by atoms with Gasteiger partial charge in [-0.3, -0.25) is 0 Å². The fourth-order valence-corrected chi connectivity index (χ4v) is 3.82.